The third kappa shape index (κ3) is 2.52. The zero-order chi connectivity index (χ0) is 13.2. The molecule has 0 aromatic carbocycles. The minimum absolute atomic E-state index is 0.104. The quantitative estimate of drug-likeness (QED) is 0.903. The molecule has 3 heterocycles. The van der Waals surface area contributed by atoms with Crippen LogP contribution in [0.15, 0.2) is 12.3 Å². The Labute approximate surface area is 119 Å². The lowest BCUT2D eigenvalue weighted by atomic mass is 10.2. The number of anilines is 1. The van der Waals surface area contributed by atoms with Crippen LogP contribution in [0.4, 0.5) is 5.69 Å². The SMILES string of the molecule is Nc1c(C(=O)NCC2CCCS2)sc2nnccc12. The van der Waals surface area contributed by atoms with Crippen molar-refractivity contribution < 1.29 is 4.79 Å². The van der Waals surface area contributed by atoms with Gasteiger partial charge in [-0.2, -0.15) is 16.9 Å². The van der Waals surface area contributed by atoms with Gasteiger partial charge in [0.1, 0.15) is 9.71 Å². The van der Waals surface area contributed by atoms with Crippen LogP contribution in [0.2, 0.25) is 0 Å². The molecular formula is C12H14N4OS2. The lowest BCUT2D eigenvalue weighted by molar-refractivity contribution is 0.0958. The summed E-state index contributed by atoms with van der Waals surface area (Å²) in [6, 6.07) is 1.79. The smallest absolute Gasteiger partial charge is 0.263 e. The van der Waals surface area contributed by atoms with Gasteiger partial charge in [0, 0.05) is 17.2 Å². The maximum absolute atomic E-state index is 12.2. The number of nitrogens with one attached hydrogen (secondary N) is 1. The second-order valence-electron chi connectivity index (χ2n) is 4.44. The van der Waals surface area contributed by atoms with Crippen LogP contribution in [-0.4, -0.2) is 33.7 Å². The number of thiophene rings is 1. The molecule has 0 saturated carbocycles. The van der Waals surface area contributed by atoms with Crippen molar-refractivity contribution in [2.75, 3.05) is 18.0 Å². The number of hydrogen-bond acceptors (Lipinski definition) is 6. The van der Waals surface area contributed by atoms with Crippen molar-refractivity contribution in [3.63, 3.8) is 0 Å². The highest BCUT2D eigenvalue weighted by atomic mass is 32.2. The molecule has 1 amide bonds. The highest BCUT2D eigenvalue weighted by molar-refractivity contribution is 8.00. The van der Waals surface area contributed by atoms with E-state index in [9.17, 15) is 4.79 Å². The average molecular weight is 294 g/mol. The van der Waals surface area contributed by atoms with E-state index in [1.54, 1.807) is 12.3 Å². The third-order valence-electron chi connectivity index (χ3n) is 3.14. The number of nitrogen functional groups attached to an aromatic ring is 1. The Morgan fingerprint density at radius 2 is 2.47 bits per heavy atom. The van der Waals surface area contributed by atoms with E-state index < -0.39 is 0 Å². The van der Waals surface area contributed by atoms with Gasteiger partial charge >= 0.3 is 0 Å². The Bertz CT molecular complexity index is 607. The van der Waals surface area contributed by atoms with Gasteiger partial charge < -0.3 is 11.1 Å². The zero-order valence-electron chi connectivity index (χ0n) is 10.3. The monoisotopic (exact) mass is 294 g/mol. The summed E-state index contributed by atoms with van der Waals surface area (Å²) in [5.74, 6) is 1.09. The maximum atomic E-state index is 12.2. The second-order valence-corrected chi connectivity index (χ2v) is 6.85. The van der Waals surface area contributed by atoms with Gasteiger partial charge in [-0.05, 0) is 24.7 Å². The van der Waals surface area contributed by atoms with Gasteiger partial charge in [0.25, 0.3) is 5.91 Å². The summed E-state index contributed by atoms with van der Waals surface area (Å²) in [7, 11) is 0. The maximum Gasteiger partial charge on any atom is 0.263 e. The van der Waals surface area contributed by atoms with Crippen LogP contribution in [0.5, 0.6) is 0 Å². The van der Waals surface area contributed by atoms with Gasteiger partial charge in [-0.15, -0.1) is 16.4 Å². The number of nitrogens with two attached hydrogens (primary N) is 1. The van der Waals surface area contributed by atoms with E-state index in [0.717, 1.165) is 5.39 Å². The Morgan fingerprint density at radius 3 is 3.21 bits per heavy atom. The van der Waals surface area contributed by atoms with E-state index in [-0.39, 0.29) is 5.91 Å². The number of carbonyl (C=O) groups is 1. The summed E-state index contributed by atoms with van der Waals surface area (Å²) < 4.78 is 0. The van der Waals surface area contributed by atoms with Gasteiger partial charge in [0.15, 0.2) is 0 Å². The summed E-state index contributed by atoms with van der Waals surface area (Å²) in [4.78, 5) is 13.4. The second kappa shape index (κ2) is 5.34. The van der Waals surface area contributed by atoms with E-state index in [0.29, 0.717) is 27.2 Å². The van der Waals surface area contributed by atoms with Crippen molar-refractivity contribution >= 4 is 44.9 Å². The summed E-state index contributed by atoms with van der Waals surface area (Å²) in [6.07, 6.45) is 4.01. The minimum atomic E-state index is -0.104. The Balaban J connectivity index is 1.75. The number of fused-ring (bicyclic) bond motifs is 1. The number of hydrogen-bond donors (Lipinski definition) is 2. The molecule has 3 rings (SSSR count). The topological polar surface area (TPSA) is 80.9 Å². The molecule has 0 radical (unpaired) electrons. The van der Waals surface area contributed by atoms with Gasteiger partial charge in [0.05, 0.1) is 11.9 Å². The van der Waals surface area contributed by atoms with Crippen LogP contribution in [0.3, 0.4) is 0 Å². The van der Waals surface area contributed by atoms with Crippen LogP contribution in [-0.2, 0) is 0 Å². The molecular weight excluding hydrogens is 280 g/mol. The van der Waals surface area contributed by atoms with Crippen molar-refractivity contribution in [1.29, 1.82) is 0 Å². The van der Waals surface area contributed by atoms with Gasteiger partial charge in [-0.25, -0.2) is 0 Å². The standard InChI is InChI=1S/C12H14N4OS2/c13-9-8-3-4-15-16-12(8)19-10(9)11(17)14-6-7-2-1-5-18-7/h3-4,7H,1-2,5-6,13H2,(H,14,17). The van der Waals surface area contributed by atoms with E-state index in [1.165, 1.54) is 29.9 Å². The fraction of sp³-hybridized carbons (Fsp3) is 0.417. The summed E-state index contributed by atoms with van der Waals surface area (Å²) in [5, 5.41) is 12.1. The predicted molar refractivity (Wildman–Crippen MR) is 79.6 cm³/mol. The molecule has 0 spiro atoms. The first-order chi connectivity index (χ1) is 9.25. The Morgan fingerprint density at radius 1 is 1.58 bits per heavy atom. The molecule has 2 aromatic rings. The molecule has 1 fully saturated rings. The van der Waals surface area contributed by atoms with Gasteiger partial charge in [0.2, 0.25) is 0 Å². The first-order valence-electron chi connectivity index (χ1n) is 6.15. The van der Waals surface area contributed by atoms with E-state index in [4.69, 9.17) is 5.73 Å². The fourth-order valence-electron chi connectivity index (χ4n) is 2.13. The van der Waals surface area contributed by atoms with Gasteiger partial charge in [-0.1, -0.05) is 0 Å². The molecule has 19 heavy (non-hydrogen) atoms. The van der Waals surface area contributed by atoms with Crippen molar-refractivity contribution in [3.8, 4) is 0 Å². The van der Waals surface area contributed by atoms with Crippen LogP contribution >= 0.6 is 23.1 Å². The Kier molecular flexibility index (Phi) is 3.56. The van der Waals surface area contributed by atoms with Crippen LogP contribution < -0.4 is 11.1 Å². The molecule has 1 saturated heterocycles. The summed E-state index contributed by atoms with van der Waals surface area (Å²) in [5.41, 5.74) is 6.51. The molecule has 1 atom stereocenters. The molecule has 1 aliphatic heterocycles. The number of amides is 1. The van der Waals surface area contributed by atoms with Crippen LogP contribution in [0, 0.1) is 0 Å². The molecule has 2 aromatic heterocycles. The van der Waals surface area contributed by atoms with Gasteiger partial charge in [-0.3, -0.25) is 4.79 Å². The molecule has 0 bridgehead atoms. The largest absolute Gasteiger partial charge is 0.397 e. The lowest BCUT2D eigenvalue weighted by Crippen LogP contribution is -2.29. The van der Waals surface area contributed by atoms with Crippen molar-refractivity contribution in [1.82, 2.24) is 15.5 Å². The summed E-state index contributed by atoms with van der Waals surface area (Å²) in [6.45, 7) is 0.711. The first-order valence-corrected chi connectivity index (χ1v) is 8.01. The molecule has 3 N–H and O–H groups in total. The molecule has 1 unspecified atom stereocenters. The minimum Gasteiger partial charge on any atom is -0.397 e. The zero-order valence-corrected chi connectivity index (χ0v) is 11.9. The normalized spacial score (nSPS) is 18.8. The number of carbonyl (C=O) groups excluding carboxylic acids is 1. The Hall–Kier alpha value is -1.34. The highest BCUT2D eigenvalue weighted by Gasteiger charge is 2.20. The fourth-order valence-corrected chi connectivity index (χ4v) is 4.29. The molecule has 1 aliphatic rings. The van der Waals surface area contributed by atoms with Crippen molar-refractivity contribution in [2.45, 2.75) is 18.1 Å². The summed E-state index contributed by atoms with van der Waals surface area (Å²) >= 11 is 3.22. The highest BCUT2D eigenvalue weighted by Crippen LogP contribution is 2.31. The molecule has 7 heteroatoms. The van der Waals surface area contributed by atoms with Crippen LogP contribution in [0.1, 0.15) is 22.5 Å². The molecule has 0 aliphatic carbocycles. The van der Waals surface area contributed by atoms with Crippen LogP contribution in [0.25, 0.3) is 10.2 Å². The van der Waals surface area contributed by atoms with Crippen molar-refractivity contribution in [3.05, 3.63) is 17.1 Å². The number of nitrogens with zero attached hydrogens (tertiary/aromatic N) is 2. The number of thioether (sulfide) groups is 1. The number of aromatic nitrogens is 2. The first kappa shape index (κ1) is 12.7. The van der Waals surface area contributed by atoms with E-state index in [1.807, 2.05) is 11.8 Å². The lowest BCUT2D eigenvalue weighted by Gasteiger charge is -2.09. The van der Waals surface area contributed by atoms with Crippen molar-refractivity contribution in [2.24, 2.45) is 0 Å². The predicted octanol–water partition coefficient (Wildman–Crippen LogP) is 1.90. The molecule has 5 nitrogen and oxygen atoms in total. The average Bonchev–Trinajstić information content (AvgIpc) is 3.05. The number of rotatable bonds is 3. The molecule has 100 valence electrons. The third-order valence-corrected chi connectivity index (χ3v) is 5.64. The van der Waals surface area contributed by atoms with E-state index >= 15 is 0 Å². The van der Waals surface area contributed by atoms with E-state index in [2.05, 4.69) is 15.5 Å².